The van der Waals surface area contributed by atoms with E-state index in [-0.39, 0.29) is 18.1 Å². The minimum atomic E-state index is -0.950. The highest BCUT2D eigenvalue weighted by Crippen LogP contribution is 2.30. The fraction of sp³-hybridized carbons (Fsp3) is 0.324. The molecule has 260 valence electrons. The van der Waals surface area contributed by atoms with E-state index >= 15 is 0 Å². The van der Waals surface area contributed by atoms with Gasteiger partial charge in [-0.1, -0.05) is 90.6 Å². The first kappa shape index (κ1) is 34.9. The standard InChI is InChI=1S/C37H41N7O5S/c1-25-19-20-39-44(25)23-32-42-43-37(49-32)50-24-30-22-38-21-29(48-30)18-17-26-11-9-10-16-31(26)40-35(45)34(41-36(46)47-2)33(27-12-5-3-6-13-27)28-14-7-4-8-15-28/h3-16,19-20,29-30,33-34,38H,17-18,21-24H2,1-2H3,(H,40,45)(H,41,46)/t29-,30+,34+/m1/s1. The van der Waals surface area contributed by atoms with Crippen LogP contribution in [0.15, 0.2) is 107 Å². The molecule has 0 bridgehead atoms. The molecule has 2 aromatic heterocycles. The maximum Gasteiger partial charge on any atom is 0.407 e. The molecule has 3 atom stereocenters. The molecule has 3 N–H and O–H groups in total. The SMILES string of the molecule is COC(=O)N[C@H](C(=O)Nc1ccccc1CC[C@@H]1CNC[C@@H](CSc2nnc(Cn3nccc3C)o2)O1)C(c1ccccc1)c1ccccc1. The minimum absolute atomic E-state index is 0.0200. The van der Waals surface area contributed by atoms with E-state index in [4.69, 9.17) is 13.9 Å². The van der Waals surface area contributed by atoms with E-state index in [1.807, 2.05) is 103 Å². The van der Waals surface area contributed by atoms with Gasteiger partial charge in [0.1, 0.15) is 12.6 Å². The summed E-state index contributed by atoms with van der Waals surface area (Å²) < 4.78 is 19.0. The van der Waals surface area contributed by atoms with Gasteiger partial charge in [0.15, 0.2) is 0 Å². The van der Waals surface area contributed by atoms with Crippen LogP contribution in [-0.4, -0.2) is 76.2 Å². The number of aryl methyl sites for hydroxylation is 2. The number of rotatable bonds is 14. The number of ether oxygens (including phenoxy) is 2. The van der Waals surface area contributed by atoms with Gasteiger partial charge in [0, 0.05) is 42.3 Å². The Morgan fingerprint density at radius 3 is 2.36 bits per heavy atom. The van der Waals surface area contributed by atoms with E-state index in [1.165, 1.54) is 18.9 Å². The van der Waals surface area contributed by atoms with Crippen molar-refractivity contribution in [3.63, 3.8) is 0 Å². The second-order valence-corrected chi connectivity index (χ2v) is 13.0. The van der Waals surface area contributed by atoms with E-state index in [0.29, 0.717) is 35.5 Å². The Kier molecular flexibility index (Phi) is 11.9. The zero-order valence-electron chi connectivity index (χ0n) is 28.0. The summed E-state index contributed by atoms with van der Waals surface area (Å²) in [6, 6.07) is 28.1. The Labute approximate surface area is 295 Å². The van der Waals surface area contributed by atoms with Gasteiger partial charge in [-0.3, -0.25) is 9.48 Å². The van der Waals surface area contributed by atoms with Crippen LogP contribution in [0.1, 0.15) is 40.6 Å². The molecule has 1 fully saturated rings. The molecule has 0 saturated carbocycles. The quantitative estimate of drug-likeness (QED) is 0.133. The number of hydrogen-bond acceptors (Lipinski definition) is 10. The summed E-state index contributed by atoms with van der Waals surface area (Å²) in [6.45, 7) is 3.86. The Balaban J connectivity index is 1.08. The lowest BCUT2D eigenvalue weighted by Gasteiger charge is -2.31. The molecule has 50 heavy (non-hydrogen) atoms. The predicted octanol–water partition coefficient (Wildman–Crippen LogP) is 5.20. The van der Waals surface area contributed by atoms with Crippen LogP contribution in [0.2, 0.25) is 0 Å². The number of hydrogen-bond donors (Lipinski definition) is 3. The number of alkyl carbamates (subject to hydrolysis) is 1. The molecule has 0 spiro atoms. The van der Waals surface area contributed by atoms with Crippen molar-refractivity contribution in [2.45, 2.75) is 55.7 Å². The van der Waals surface area contributed by atoms with Gasteiger partial charge in [-0.25, -0.2) is 4.79 Å². The van der Waals surface area contributed by atoms with Gasteiger partial charge in [-0.2, -0.15) is 5.10 Å². The number of methoxy groups -OCH3 is 1. The normalized spacial score (nSPS) is 16.5. The number of para-hydroxylation sites is 1. The Hall–Kier alpha value is -4.98. The lowest BCUT2D eigenvalue weighted by molar-refractivity contribution is -0.118. The number of nitrogens with one attached hydrogen (secondary N) is 3. The van der Waals surface area contributed by atoms with Crippen molar-refractivity contribution in [2.24, 2.45) is 0 Å². The van der Waals surface area contributed by atoms with Crippen LogP contribution in [0.25, 0.3) is 0 Å². The van der Waals surface area contributed by atoms with Gasteiger partial charge >= 0.3 is 6.09 Å². The number of anilines is 1. The average Bonchev–Trinajstić information content (AvgIpc) is 3.79. The van der Waals surface area contributed by atoms with E-state index in [0.717, 1.165) is 41.9 Å². The van der Waals surface area contributed by atoms with Gasteiger partial charge < -0.3 is 29.8 Å². The number of aromatic nitrogens is 4. The fourth-order valence-electron chi connectivity index (χ4n) is 6.03. The molecule has 13 heteroatoms. The zero-order valence-corrected chi connectivity index (χ0v) is 28.8. The van der Waals surface area contributed by atoms with Crippen LogP contribution >= 0.6 is 11.8 Å². The van der Waals surface area contributed by atoms with Gasteiger partial charge in [0.25, 0.3) is 5.22 Å². The third-order valence-corrected chi connectivity index (χ3v) is 9.54. The highest BCUT2D eigenvalue weighted by Gasteiger charge is 2.33. The second kappa shape index (κ2) is 17.1. The molecule has 6 rings (SSSR count). The molecular formula is C37H41N7O5S. The molecular weight excluding hydrogens is 655 g/mol. The first-order chi connectivity index (χ1) is 24.5. The Bertz CT molecular complexity index is 1790. The molecule has 2 amide bonds. The summed E-state index contributed by atoms with van der Waals surface area (Å²) >= 11 is 1.48. The summed E-state index contributed by atoms with van der Waals surface area (Å²) in [5.74, 6) is 0.363. The maximum absolute atomic E-state index is 14.1. The molecule has 1 aliphatic heterocycles. The molecule has 1 saturated heterocycles. The topological polar surface area (TPSA) is 145 Å². The van der Waals surface area contributed by atoms with Crippen molar-refractivity contribution in [3.05, 3.63) is 125 Å². The smallest absolute Gasteiger partial charge is 0.407 e. The number of nitrogens with zero attached hydrogens (tertiary/aromatic N) is 4. The molecule has 0 unspecified atom stereocenters. The number of amides is 2. The monoisotopic (exact) mass is 695 g/mol. The molecule has 3 heterocycles. The van der Waals surface area contributed by atoms with Crippen molar-refractivity contribution in [1.29, 1.82) is 0 Å². The van der Waals surface area contributed by atoms with Crippen molar-refractivity contribution >= 4 is 29.4 Å². The van der Waals surface area contributed by atoms with Crippen LogP contribution in [0.5, 0.6) is 0 Å². The summed E-state index contributed by atoms with van der Waals surface area (Å²) in [5.41, 5.74) is 4.46. The van der Waals surface area contributed by atoms with Gasteiger partial charge in [0.05, 0.1) is 19.3 Å². The summed E-state index contributed by atoms with van der Waals surface area (Å²) in [6.07, 6.45) is 2.43. The van der Waals surface area contributed by atoms with Crippen molar-refractivity contribution in [1.82, 2.24) is 30.6 Å². The highest BCUT2D eigenvalue weighted by molar-refractivity contribution is 7.99. The molecule has 1 aliphatic rings. The highest BCUT2D eigenvalue weighted by atomic mass is 32.2. The molecule has 5 aromatic rings. The van der Waals surface area contributed by atoms with Crippen LogP contribution in [0.3, 0.4) is 0 Å². The van der Waals surface area contributed by atoms with Crippen molar-refractivity contribution < 1.29 is 23.5 Å². The van der Waals surface area contributed by atoms with Crippen molar-refractivity contribution in [3.8, 4) is 0 Å². The first-order valence-electron chi connectivity index (χ1n) is 16.6. The van der Waals surface area contributed by atoms with Gasteiger partial charge in [-0.15, -0.1) is 10.2 Å². The molecule has 12 nitrogen and oxygen atoms in total. The summed E-state index contributed by atoms with van der Waals surface area (Å²) in [4.78, 5) is 26.7. The second-order valence-electron chi connectivity index (χ2n) is 12.0. The lowest BCUT2D eigenvalue weighted by Crippen LogP contribution is -2.48. The third kappa shape index (κ3) is 9.17. The van der Waals surface area contributed by atoms with Gasteiger partial charge in [0.2, 0.25) is 11.8 Å². The number of carbonyl (C=O) groups excluding carboxylic acids is 2. The first-order valence-corrected chi connectivity index (χ1v) is 17.6. The number of morpholine rings is 1. The molecule has 3 aromatic carbocycles. The number of carbonyl (C=O) groups is 2. The summed E-state index contributed by atoms with van der Waals surface area (Å²) in [7, 11) is 1.29. The van der Waals surface area contributed by atoms with Crippen LogP contribution in [0.4, 0.5) is 10.5 Å². The molecule has 0 aliphatic carbocycles. The van der Waals surface area contributed by atoms with Crippen LogP contribution in [0, 0.1) is 6.92 Å². The van der Waals surface area contributed by atoms with E-state index in [1.54, 1.807) is 6.20 Å². The number of benzene rings is 3. The van der Waals surface area contributed by atoms with E-state index < -0.39 is 18.1 Å². The van der Waals surface area contributed by atoms with Gasteiger partial charge in [-0.05, 0) is 48.6 Å². The van der Waals surface area contributed by atoms with Crippen LogP contribution < -0.4 is 16.0 Å². The van der Waals surface area contributed by atoms with Crippen molar-refractivity contribution in [2.75, 3.05) is 31.3 Å². The average molecular weight is 696 g/mol. The van der Waals surface area contributed by atoms with E-state index in [2.05, 4.69) is 31.2 Å². The lowest BCUT2D eigenvalue weighted by atomic mass is 9.84. The maximum atomic E-state index is 14.1. The zero-order chi connectivity index (χ0) is 34.7. The van der Waals surface area contributed by atoms with Crippen LogP contribution in [-0.2, 0) is 27.2 Å². The predicted molar refractivity (Wildman–Crippen MR) is 190 cm³/mol. The fourth-order valence-corrected chi connectivity index (χ4v) is 6.81. The summed E-state index contributed by atoms with van der Waals surface area (Å²) in [5, 5.41) is 22.5. The largest absolute Gasteiger partial charge is 0.453 e. The Morgan fingerprint density at radius 1 is 0.960 bits per heavy atom. The van der Waals surface area contributed by atoms with E-state index in [9.17, 15) is 9.59 Å². The number of thioether (sulfide) groups is 1. The Morgan fingerprint density at radius 2 is 1.66 bits per heavy atom. The third-order valence-electron chi connectivity index (χ3n) is 8.59. The molecule has 0 radical (unpaired) electrons. The minimum Gasteiger partial charge on any atom is -0.453 e.